The zero-order chi connectivity index (χ0) is 18.5. The quantitative estimate of drug-likeness (QED) is 0.332. The number of oxime groups is 1. The van der Waals surface area contributed by atoms with E-state index in [-0.39, 0.29) is 5.84 Å². The minimum Gasteiger partial charge on any atom is -0.380 e. The fourth-order valence-electron chi connectivity index (χ4n) is 2.56. The van der Waals surface area contributed by atoms with Crippen LogP contribution in [0, 0.1) is 13.8 Å². The number of aromatic nitrogens is 2. The van der Waals surface area contributed by atoms with Crippen molar-refractivity contribution >= 4 is 11.8 Å². The predicted octanol–water partition coefficient (Wildman–Crippen LogP) is 3.03. The molecule has 0 fully saturated rings. The fraction of sp³-hybridized carbons (Fsp3) is 0.150. The molecule has 6 heteroatoms. The summed E-state index contributed by atoms with van der Waals surface area (Å²) in [5.74, 6) is -0.401. The molecule has 0 aliphatic rings. The lowest BCUT2D eigenvalue weighted by Gasteiger charge is -2.06. The van der Waals surface area contributed by atoms with Crippen LogP contribution in [0.25, 0.3) is 0 Å². The Morgan fingerprint density at radius 2 is 1.77 bits per heavy atom. The third-order valence-corrected chi connectivity index (χ3v) is 3.92. The first-order valence-electron chi connectivity index (χ1n) is 8.23. The number of benzene rings is 2. The molecule has 3 aromatic rings. The number of rotatable bonds is 5. The van der Waals surface area contributed by atoms with Crippen LogP contribution in [-0.2, 0) is 11.4 Å². The van der Waals surface area contributed by atoms with E-state index in [2.05, 4.69) is 10.3 Å². The standard InChI is InChI=1S/C20H20N4O2/c1-14-12-15(2)24(22-14)13-16-8-10-18(11-9-16)20(25)26-23-19(21)17-6-4-3-5-7-17/h3-12H,13H2,1-2H3,(H2,21,23). The summed E-state index contributed by atoms with van der Waals surface area (Å²) in [5, 5.41) is 8.14. The van der Waals surface area contributed by atoms with Gasteiger partial charge in [-0.2, -0.15) is 5.10 Å². The number of nitrogens with two attached hydrogens (primary N) is 1. The zero-order valence-corrected chi connectivity index (χ0v) is 14.7. The Morgan fingerprint density at radius 3 is 2.38 bits per heavy atom. The Kier molecular flexibility index (Phi) is 5.12. The lowest BCUT2D eigenvalue weighted by atomic mass is 10.1. The molecule has 0 aliphatic carbocycles. The second-order valence-corrected chi connectivity index (χ2v) is 6.00. The molecule has 0 radical (unpaired) electrons. The summed E-state index contributed by atoms with van der Waals surface area (Å²) >= 11 is 0. The molecule has 0 saturated carbocycles. The van der Waals surface area contributed by atoms with Gasteiger partial charge in [-0.25, -0.2) is 4.79 Å². The van der Waals surface area contributed by atoms with E-state index in [0.717, 1.165) is 17.0 Å². The monoisotopic (exact) mass is 348 g/mol. The van der Waals surface area contributed by atoms with Crippen molar-refractivity contribution < 1.29 is 9.63 Å². The average molecular weight is 348 g/mol. The summed E-state index contributed by atoms with van der Waals surface area (Å²) in [5.41, 5.74) is 10.0. The molecule has 3 rings (SSSR count). The van der Waals surface area contributed by atoms with E-state index in [1.807, 2.05) is 54.9 Å². The molecular formula is C20H20N4O2. The van der Waals surface area contributed by atoms with Crippen LogP contribution in [0.1, 0.15) is 32.9 Å². The Bertz CT molecular complexity index is 928. The van der Waals surface area contributed by atoms with Gasteiger partial charge in [0.15, 0.2) is 5.84 Å². The van der Waals surface area contributed by atoms with Crippen LogP contribution in [0.2, 0.25) is 0 Å². The number of hydrogen-bond donors (Lipinski definition) is 1. The average Bonchev–Trinajstić information content (AvgIpc) is 2.97. The molecule has 0 atom stereocenters. The molecule has 0 aliphatic heterocycles. The largest absolute Gasteiger partial charge is 0.380 e. The number of carbonyl (C=O) groups excluding carboxylic acids is 1. The van der Waals surface area contributed by atoms with E-state index < -0.39 is 5.97 Å². The molecule has 0 saturated heterocycles. The Labute approximate surface area is 151 Å². The van der Waals surface area contributed by atoms with Crippen LogP contribution in [0.4, 0.5) is 0 Å². The number of carbonyl (C=O) groups is 1. The molecule has 0 amide bonds. The summed E-state index contributed by atoms with van der Waals surface area (Å²) in [6.07, 6.45) is 0. The maximum absolute atomic E-state index is 12.1. The van der Waals surface area contributed by atoms with Crippen LogP contribution < -0.4 is 5.73 Å². The highest BCUT2D eigenvalue weighted by molar-refractivity contribution is 5.98. The molecule has 0 spiro atoms. The van der Waals surface area contributed by atoms with Gasteiger partial charge < -0.3 is 10.6 Å². The summed E-state index contributed by atoms with van der Waals surface area (Å²) in [6, 6.07) is 18.3. The summed E-state index contributed by atoms with van der Waals surface area (Å²) in [4.78, 5) is 17.0. The third-order valence-electron chi connectivity index (χ3n) is 3.92. The van der Waals surface area contributed by atoms with E-state index in [1.54, 1.807) is 24.3 Å². The van der Waals surface area contributed by atoms with Crippen molar-refractivity contribution in [1.29, 1.82) is 0 Å². The molecule has 0 unspecified atom stereocenters. The van der Waals surface area contributed by atoms with Gasteiger partial charge in [0.25, 0.3) is 0 Å². The van der Waals surface area contributed by atoms with E-state index in [9.17, 15) is 4.79 Å². The van der Waals surface area contributed by atoms with Crippen LogP contribution >= 0.6 is 0 Å². The Morgan fingerprint density at radius 1 is 1.08 bits per heavy atom. The minimum atomic E-state index is -0.554. The van der Waals surface area contributed by atoms with Crippen molar-refractivity contribution in [2.75, 3.05) is 0 Å². The molecule has 2 N–H and O–H groups in total. The first-order chi connectivity index (χ1) is 12.5. The first-order valence-corrected chi connectivity index (χ1v) is 8.23. The fourth-order valence-corrected chi connectivity index (χ4v) is 2.56. The van der Waals surface area contributed by atoms with Crippen molar-refractivity contribution in [3.05, 3.63) is 88.7 Å². The summed E-state index contributed by atoms with van der Waals surface area (Å²) < 4.78 is 1.92. The van der Waals surface area contributed by atoms with Crippen LogP contribution in [0.5, 0.6) is 0 Å². The van der Waals surface area contributed by atoms with E-state index in [0.29, 0.717) is 17.7 Å². The van der Waals surface area contributed by atoms with Gasteiger partial charge in [0, 0.05) is 11.3 Å². The second kappa shape index (κ2) is 7.65. The molecular weight excluding hydrogens is 328 g/mol. The predicted molar refractivity (Wildman–Crippen MR) is 99.8 cm³/mol. The third kappa shape index (κ3) is 4.16. The maximum Gasteiger partial charge on any atom is 0.365 e. The van der Waals surface area contributed by atoms with Gasteiger partial charge in [-0.05, 0) is 37.6 Å². The van der Waals surface area contributed by atoms with E-state index >= 15 is 0 Å². The molecule has 132 valence electrons. The number of amidine groups is 1. The smallest absolute Gasteiger partial charge is 0.365 e. The van der Waals surface area contributed by atoms with Gasteiger partial charge >= 0.3 is 5.97 Å². The van der Waals surface area contributed by atoms with Crippen molar-refractivity contribution in [2.24, 2.45) is 10.9 Å². The molecule has 26 heavy (non-hydrogen) atoms. The maximum atomic E-state index is 12.1. The highest BCUT2D eigenvalue weighted by Crippen LogP contribution is 2.10. The number of nitrogens with zero attached hydrogens (tertiary/aromatic N) is 3. The van der Waals surface area contributed by atoms with Crippen LogP contribution in [-0.4, -0.2) is 21.6 Å². The molecule has 0 bridgehead atoms. The number of hydrogen-bond acceptors (Lipinski definition) is 4. The van der Waals surface area contributed by atoms with Gasteiger partial charge in [-0.1, -0.05) is 47.6 Å². The van der Waals surface area contributed by atoms with Crippen molar-refractivity contribution in [3.63, 3.8) is 0 Å². The minimum absolute atomic E-state index is 0.153. The second-order valence-electron chi connectivity index (χ2n) is 6.00. The highest BCUT2D eigenvalue weighted by atomic mass is 16.7. The zero-order valence-electron chi connectivity index (χ0n) is 14.7. The van der Waals surface area contributed by atoms with Crippen LogP contribution in [0.15, 0.2) is 65.8 Å². The summed E-state index contributed by atoms with van der Waals surface area (Å²) in [6.45, 7) is 4.62. The van der Waals surface area contributed by atoms with E-state index in [4.69, 9.17) is 10.6 Å². The van der Waals surface area contributed by atoms with Crippen molar-refractivity contribution in [2.45, 2.75) is 20.4 Å². The topological polar surface area (TPSA) is 82.5 Å². The van der Waals surface area contributed by atoms with Crippen LogP contribution in [0.3, 0.4) is 0 Å². The van der Waals surface area contributed by atoms with Gasteiger partial charge in [0.05, 0.1) is 17.8 Å². The van der Waals surface area contributed by atoms with Gasteiger partial charge in [0.1, 0.15) is 0 Å². The molecule has 6 nitrogen and oxygen atoms in total. The Balaban J connectivity index is 1.64. The molecule has 1 aromatic heterocycles. The Hall–Kier alpha value is -3.41. The van der Waals surface area contributed by atoms with Gasteiger partial charge in [0.2, 0.25) is 0 Å². The number of aryl methyl sites for hydroxylation is 2. The first kappa shape index (κ1) is 17.4. The summed E-state index contributed by atoms with van der Waals surface area (Å²) in [7, 11) is 0. The lowest BCUT2D eigenvalue weighted by Crippen LogP contribution is -2.15. The van der Waals surface area contributed by atoms with Crippen molar-refractivity contribution in [3.8, 4) is 0 Å². The molecule has 2 aromatic carbocycles. The molecule has 1 heterocycles. The van der Waals surface area contributed by atoms with Gasteiger partial charge in [-0.15, -0.1) is 0 Å². The lowest BCUT2D eigenvalue weighted by molar-refractivity contribution is 0.0516. The van der Waals surface area contributed by atoms with Crippen molar-refractivity contribution in [1.82, 2.24) is 9.78 Å². The van der Waals surface area contributed by atoms with E-state index in [1.165, 1.54) is 0 Å². The SMILES string of the molecule is Cc1cc(C)n(Cc2ccc(C(=O)O/N=C(\N)c3ccccc3)cc2)n1. The normalized spacial score (nSPS) is 11.4. The van der Waals surface area contributed by atoms with Gasteiger partial charge in [-0.3, -0.25) is 4.68 Å². The highest BCUT2D eigenvalue weighted by Gasteiger charge is 2.09.